The van der Waals surface area contributed by atoms with Crippen LogP contribution in [0.3, 0.4) is 0 Å². The summed E-state index contributed by atoms with van der Waals surface area (Å²) in [4.78, 5) is 0. The third-order valence-corrected chi connectivity index (χ3v) is 3.68. The predicted octanol–water partition coefficient (Wildman–Crippen LogP) is 4.97. The lowest BCUT2D eigenvalue weighted by atomic mass is 9.99. The van der Waals surface area contributed by atoms with E-state index in [9.17, 15) is 0 Å². The van der Waals surface area contributed by atoms with E-state index in [2.05, 4.69) is 64.2 Å². The van der Waals surface area contributed by atoms with Gasteiger partial charge in [-0.25, -0.2) is 0 Å². The summed E-state index contributed by atoms with van der Waals surface area (Å²) in [5.74, 6) is 1.50. The van der Waals surface area contributed by atoms with Crippen molar-refractivity contribution >= 4 is 0 Å². The third kappa shape index (κ3) is 6.24. The highest BCUT2D eigenvalue weighted by Gasteiger charge is 2.07. The van der Waals surface area contributed by atoms with Gasteiger partial charge in [0.2, 0.25) is 0 Å². The Kier molecular flexibility index (Phi) is 7.15. The fourth-order valence-corrected chi connectivity index (χ4v) is 2.50. The van der Waals surface area contributed by atoms with Gasteiger partial charge in [-0.15, -0.1) is 0 Å². The summed E-state index contributed by atoms with van der Waals surface area (Å²) in [5.41, 5.74) is 2.85. The molecule has 1 aromatic carbocycles. The average molecular weight is 261 g/mol. The summed E-state index contributed by atoms with van der Waals surface area (Å²) in [6, 6.07) is 9.57. The van der Waals surface area contributed by atoms with Gasteiger partial charge in [0.15, 0.2) is 0 Å². The number of hydrogen-bond acceptors (Lipinski definition) is 1. The second-order valence-electron chi connectivity index (χ2n) is 6.36. The SMILES string of the molecule is CCCC(C)CNC(C)c1ccc(CC(C)C)cc1. The van der Waals surface area contributed by atoms with Crippen molar-refractivity contribution in [1.82, 2.24) is 5.32 Å². The molecule has 0 aliphatic heterocycles. The van der Waals surface area contributed by atoms with Crippen LogP contribution in [0.15, 0.2) is 24.3 Å². The third-order valence-electron chi connectivity index (χ3n) is 3.68. The van der Waals surface area contributed by atoms with E-state index >= 15 is 0 Å². The summed E-state index contributed by atoms with van der Waals surface area (Å²) in [7, 11) is 0. The molecule has 0 heterocycles. The predicted molar refractivity (Wildman–Crippen MR) is 85.5 cm³/mol. The van der Waals surface area contributed by atoms with E-state index in [4.69, 9.17) is 0 Å². The average Bonchev–Trinajstić information content (AvgIpc) is 2.36. The van der Waals surface area contributed by atoms with Gasteiger partial charge in [0.1, 0.15) is 0 Å². The normalized spacial score (nSPS) is 14.6. The molecule has 0 aromatic heterocycles. The lowest BCUT2D eigenvalue weighted by molar-refractivity contribution is 0.444. The molecule has 19 heavy (non-hydrogen) atoms. The number of nitrogens with one attached hydrogen (secondary N) is 1. The molecule has 1 heteroatoms. The van der Waals surface area contributed by atoms with Crippen molar-refractivity contribution in [3.05, 3.63) is 35.4 Å². The van der Waals surface area contributed by atoms with Crippen molar-refractivity contribution in [2.45, 2.75) is 59.9 Å². The molecule has 0 aliphatic carbocycles. The minimum atomic E-state index is 0.451. The van der Waals surface area contributed by atoms with Crippen LogP contribution in [0.1, 0.15) is 64.6 Å². The molecule has 0 radical (unpaired) electrons. The van der Waals surface area contributed by atoms with Crippen molar-refractivity contribution in [2.24, 2.45) is 11.8 Å². The maximum absolute atomic E-state index is 3.64. The van der Waals surface area contributed by atoms with Gasteiger partial charge in [-0.05, 0) is 49.3 Å². The molecule has 1 aromatic rings. The van der Waals surface area contributed by atoms with Crippen LogP contribution in [0.4, 0.5) is 0 Å². The molecule has 1 N–H and O–H groups in total. The molecule has 2 atom stereocenters. The van der Waals surface area contributed by atoms with Gasteiger partial charge in [0, 0.05) is 6.04 Å². The Hall–Kier alpha value is -0.820. The molecule has 1 nitrogen and oxygen atoms in total. The molecule has 0 aliphatic rings. The van der Waals surface area contributed by atoms with E-state index in [-0.39, 0.29) is 0 Å². The van der Waals surface area contributed by atoms with Crippen LogP contribution >= 0.6 is 0 Å². The van der Waals surface area contributed by atoms with Crippen molar-refractivity contribution < 1.29 is 0 Å². The van der Waals surface area contributed by atoms with Gasteiger partial charge in [0.25, 0.3) is 0 Å². The van der Waals surface area contributed by atoms with Crippen LogP contribution in [0.2, 0.25) is 0 Å². The fraction of sp³-hybridized carbons (Fsp3) is 0.667. The fourth-order valence-electron chi connectivity index (χ4n) is 2.50. The Bertz CT molecular complexity index is 339. The molecule has 2 unspecified atom stereocenters. The van der Waals surface area contributed by atoms with Gasteiger partial charge >= 0.3 is 0 Å². The number of benzene rings is 1. The van der Waals surface area contributed by atoms with Gasteiger partial charge in [-0.2, -0.15) is 0 Å². The monoisotopic (exact) mass is 261 g/mol. The highest BCUT2D eigenvalue weighted by atomic mass is 14.9. The van der Waals surface area contributed by atoms with Crippen molar-refractivity contribution in [2.75, 3.05) is 6.54 Å². The molecular weight excluding hydrogens is 230 g/mol. The van der Waals surface area contributed by atoms with Gasteiger partial charge in [0.05, 0.1) is 0 Å². The first-order chi connectivity index (χ1) is 9.02. The Morgan fingerprint density at radius 3 is 2.16 bits per heavy atom. The molecule has 0 fully saturated rings. The summed E-state index contributed by atoms with van der Waals surface area (Å²) >= 11 is 0. The zero-order valence-corrected chi connectivity index (χ0v) is 13.4. The Labute approximate surface area is 119 Å². The van der Waals surface area contributed by atoms with Gasteiger partial charge in [-0.3, -0.25) is 0 Å². The van der Waals surface area contributed by atoms with Crippen LogP contribution in [0, 0.1) is 11.8 Å². The maximum atomic E-state index is 3.64. The van der Waals surface area contributed by atoms with E-state index in [0.717, 1.165) is 18.4 Å². The topological polar surface area (TPSA) is 12.0 Å². The van der Waals surface area contributed by atoms with E-state index in [1.165, 1.54) is 30.4 Å². The lowest BCUT2D eigenvalue weighted by Gasteiger charge is -2.18. The lowest BCUT2D eigenvalue weighted by Crippen LogP contribution is -2.24. The number of hydrogen-bond donors (Lipinski definition) is 1. The summed E-state index contributed by atoms with van der Waals surface area (Å²) < 4.78 is 0. The molecule has 0 amide bonds. The second kappa shape index (κ2) is 8.37. The highest BCUT2D eigenvalue weighted by Crippen LogP contribution is 2.16. The standard InChI is InChI=1S/C18H31N/c1-6-7-15(4)13-19-16(5)18-10-8-17(9-11-18)12-14(2)3/h8-11,14-16,19H,6-7,12-13H2,1-5H3. The van der Waals surface area contributed by atoms with Crippen molar-refractivity contribution in [3.8, 4) is 0 Å². The van der Waals surface area contributed by atoms with Crippen LogP contribution in [-0.4, -0.2) is 6.54 Å². The van der Waals surface area contributed by atoms with Gasteiger partial charge < -0.3 is 5.32 Å². The Morgan fingerprint density at radius 2 is 1.63 bits per heavy atom. The van der Waals surface area contributed by atoms with E-state index in [1.807, 2.05) is 0 Å². The second-order valence-corrected chi connectivity index (χ2v) is 6.36. The molecule has 108 valence electrons. The summed E-state index contributed by atoms with van der Waals surface area (Å²) in [6.45, 7) is 12.5. The van der Waals surface area contributed by atoms with E-state index in [1.54, 1.807) is 0 Å². The van der Waals surface area contributed by atoms with Crippen LogP contribution in [0.5, 0.6) is 0 Å². The molecule has 1 rings (SSSR count). The first-order valence-electron chi connectivity index (χ1n) is 7.85. The van der Waals surface area contributed by atoms with Crippen molar-refractivity contribution in [3.63, 3.8) is 0 Å². The van der Waals surface area contributed by atoms with E-state index < -0.39 is 0 Å². The maximum Gasteiger partial charge on any atom is 0.0291 e. The molecule has 0 saturated carbocycles. The molecule has 0 bridgehead atoms. The molecule has 0 saturated heterocycles. The first kappa shape index (κ1) is 16.2. The van der Waals surface area contributed by atoms with Crippen LogP contribution in [0.25, 0.3) is 0 Å². The molecular formula is C18H31N. The number of rotatable bonds is 8. The highest BCUT2D eigenvalue weighted by molar-refractivity contribution is 5.25. The van der Waals surface area contributed by atoms with Crippen molar-refractivity contribution in [1.29, 1.82) is 0 Å². The zero-order chi connectivity index (χ0) is 14.3. The van der Waals surface area contributed by atoms with Gasteiger partial charge in [-0.1, -0.05) is 58.4 Å². The zero-order valence-electron chi connectivity index (χ0n) is 13.4. The summed E-state index contributed by atoms with van der Waals surface area (Å²) in [5, 5.41) is 3.64. The van der Waals surface area contributed by atoms with E-state index in [0.29, 0.717) is 6.04 Å². The summed E-state index contributed by atoms with van der Waals surface area (Å²) in [6.07, 6.45) is 3.77. The first-order valence-corrected chi connectivity index (χ1v) is 7.85. The Morgan fingerprint density at radius 1 is 1.00 bits per heavy atom. The quantitative estimate of drug-likeness (QED) is 0.696. The minimum Gasteiger partial charge on any atom is -0.310 e. The largest absolute Gasteiger partial charge is 0.310 e. The van der Waals surface area contributed by atoms with Crippen LogP contribution < -0.4 is 5.32 Å². The smallest absolute Gasteiger partial charge is 0.0291 e. The Balaban J connectivity index is 2.46. The minimum absolute atomic E-state index is 0.451. The molecule has 0 spiro atoms. The van der Waals surface area contributed by atoms with Crippen LogP contribution in [-0.2, 0) is 6.42 Å².